The van der Waals surface area contributed by atoms with Crippen LogP contribution in [0.4, 0.5) is 0 Å². The van der Waals surface area contributed by atoms with Gasteiger partial charge in [-0.3, -0.25) is 20.8 Å². The topological polar surface area (TPSA) is 140 Å². The Hall–Kier alpha value is -2.44. The zero-order chi connectivity index (χ0) is 12.7. The highest BCUT2D eigenvalue weighted by molar-refractivity contribution is 5.95. The number of amidine groups is 2. The number of aromatic amines is 1. The second kappa shape index (κ2) is 6.21. The molecule has 0 saturated heterocycles. The van der Waals surface area contributed by atoms with Crippen molar-refractivity contribution in [3.05, 3.63) is 23.5 Å². The molecule has 0 bridgehead atoms. The highest BCUT2D eigenvalue weighted by Crippen LogP contribution is 2.01. The molecule has 0 fully saturated rings. The van der Waals surface area contributed by atoms with Crippen molar-refractivity contribution in [2.24, 2.45) is 21.5 Å². The summed E-state index contributed by atoms with van der Waals surface area (Å²) in [5.41, 5.74) is 12.1. The number of nitrogens with two attached hydrogens (primary N) is 2. The van der Waals surface area contributed by atoms with Crippen molar-refractivity contribution in [3.8, 4) is 0 Å². The maximum Gasteiger partial charge on any atom is 0.113 e. The fourth-order valence-corrected chi connectivity index (χ4v) is 1.10. The molecule has 7 N–H and O–H groups in total. The van der Waals surface area contributed by atoms with Gasteiger partial charge in [-0.15, -0.1) is 0 Å². The van der Waals surface area contributed by atoms with Crippen LogP contribution in [-0.2, 0) is 0 Å². The largest absolute Gasteiger partial charge is 0.386 e. The molecule has 0 radical (unpaired) electrons. The van der Waals surface area contributed by atoms with Crippen LogP contribution < -0.4 is 11.5 Å². The molecular weight excluding hydrogens is 218 g/mol. The third-order valence-electron chi connectivity index (χ3n) is 1.80. The lowest BCUT2D eigenvalue weighted by molar-refractivity contribution is 1.23. The van der Waals surface area contributed by atoms with E-state index in [4.69, 9.17) is 22.3 Å². The molecule has 0 aromatic carbocycles. The maximum atomic E-state index is 7.03. The molecule has 0 atom stereocenters. The molecule has 7 heteroatoms. The second-order valence-electron chi connectivity index (χ2n) is 3.36. The Kier molecular flexibility index (Phi) is 4.61. The van der Waals surface area contributed by atoms with Crippen LogP contribution in [0.15, 0.2) is 22.4 Å². The lowest BCUT2D eigenvalue weighted by Gasteiger charge is -1.93. The molecular formula is C10H15N7. The predicted octanol–water partition coefficient (Wildman–Crippen LogP) is -0.276. The fraction of sp³-hybridized carbons (Fsp3) is 0.200. The lowest BCUT2D eigenvalue weighted by Crippen LogP contribution is -2.13. The Labute approximate surface area is 98.7 Å². The van der Waals surface area contributed by atoms with E-state index < -0.39 is 0 Å². The van der Waals surface area contributed by atoms with Gasteiger partial charge < -0.3 is 16.5 Å². The van der Waals surface area contributed by atoms with E-state index >= 15 is 0 Å². The van der Waals surface area contributed by atoms with E-state index in [9.17, 15) is 0 Å². The highest BCUT2D eigenvalue weighted by atomic mass is 14.8. The standard InChI is InChI=1S/C10H15N7/c11-9(12)5-16-3-7-1-15-2-8(7)4-17-6-10(13)14/h1-4,15H,5-6H2,(H3,11,12)(H3,13,14). The minimum Gasteiger partial charge on any atom is -0.386 e. The van der Waals surface area contributed by atoms with Crippen molar-refractivity contribution in [3.63, 3.8) is 0 Å². The van der Waals surface area contributed by atoms with Crippen LogP contribution in [0.2, 0.25) is 0 Å². The number of H-pyrrole nitrogens is 1. The Bertz CT molecular complexity index is 414. The molecule has 0 aliphatic rings. The van der Waals surface area contributed by atoms with Crippen LogP contribution in [-0.4, -0.2) is 42.2 Å². The molecule has 90 valence electrons. The van der Waals surface area contributed by atoms with Crippen molar-refractivity contribution in [1.29, 1.82) is 10.8 Å². The van der Waals surface area contributed by atoms with Gasteiger partial charge in [-0.25, -0.2) is 0 Å². The monoisotopic (exact) mass is 233 g/mol. The Morgan fingerprint density at radius 2 is 1.47 bits per heavy atom. The second-order valence-corrected chi connectivity index (χ2v) is 3.36. The first-order valence-electron chi connectivity index (χ1n) is 4.92. The number of nitrogens with one attached hydrogen (secondary N) is 3. The van der Waals surface area contributed by atoms with E-state index in [1.165, 1.54) is 0 Å². The molecule has 1 aromatic rings. The first-order chi connectivity index (χ1) is 8.09. The lowest BCUT2D eigenvalue weighted by atomic mass is 10.2. The summed E-state index contributed by atoms with van der Waals surface area (Å²) in [6, 6.07) is 0. The zero-order valence-electron chi connectivity index (χ0n) is 9.27. The highest BCUT2D eigenvalue weighted by Gasteiger charge is 1.97. The maximum absolute atomic E-state index is 7.03. The number of hydrogen-bond donors (Lipinski definition) is 5. The molecule has 0 aliphatic carbocycles. The van der Waals surface area contributed by atoms with Crippen molar-refractivity contribution >= 4 is 24.1 Å². The first-order valence-corrected chi connectivity index (χ1v) is 4.92. The fourth-order valence-electron chi connectivity index (χ4n) is 1.10. The van der Waals surface area contributed by atoms with Gasteiger partial charge in [0.05, 0.1) is 13.1 Å². The van der Waals surface area contributed by atoms with Gasteiger partial charge in [-0.05, 0) is 0 Å². The normalized spacial score (nSPS) is 11.3. The van der Waals surface area contributed by atoms with Crippen LogP contribution in [0.3, 0.4) is 0 Å². The minimum absolute atomic E-state index is 0.0172. The number of hydrogen-bond acceptors (Lipinski definition) is 4. The summed E-state index contributed by atoms with van der Waals surface area (Å²) in [6.45, 7) is 0.352. The van der Waals surface area contributed by atoms with E-state index in [1.807, 2.05) is 0 Å². The summed E-state index contributed by atoms with van der Waals surface area (Å²) >= 11 is 0. The summed E-state index contributed by atoms with van der Waals surface area (Å²) in [6.07, 6.45) is 6.76. The van der Waals surface area contributed by atoms with Crippen LogP contribution in [0.5, 0.6) is 0 Å². The molecule has 1 aromatic heterocycles. The van der Waals surface area contributed by atoms with E-state index in [0.717, 1.165) is 11.1 Å². The summed E-state index contributed by atoms with van der Waals surface area (Å²) in [5.74, 6) is 0.0344. The van der Waals surface area contributed by atoms with E-state index in [0.29, 0.717) is 0 Å². The van der Waals surface area contributed by atoms with Gasteiger partial charge in [-0.2, -0.15) is 0 Å². The summed E-state index contributed by atoms with van der Waals surface area (Å²) < 4.78 is 0. The van der Waals surface area contributed by atoms with Gasteiger partial charge in [0.2, 0.25) is 0 Å². The molecule has 0 aliphatic heterocycles. The number of nitrogens with zero attached hydrogens (tertiary/aromatic N) is 2. The average Bonchev–Trinajstić information content (AvgIpc) is 2.65. The van der Waals surface area contributed by atoms with Crippen molar-refractivity contribution in [2.75, 3.05) is 13.1 Å². The molecule has 0 spiro atoms. The molecule has 1 heterocycles. The van der Waals surface area contributed by atoms with Crippen molar-refractivity contribution < 1.29 is 0 Å². The van der Waals surface area contributed by atoms with Gasteiger partial charge in [0, 0.05) is 35.9 Å². The molecule has 7 nitrogen and oxygen atoms in total. The summed E-state index contributed by atoms with van der Waals surface area (Å²) in [7, 11) is 0. The summed E-state index contributed by atoms with van der Waals surface area (Å²) in [4.78, 5) is 10.9. The van der Waals surface area contributed by atoms with Gasteiger partial charge >= 0.3 is 0 Å². The van der Waals surface area contributed by atoms with Gasteiger partial charge in [0.15, 0.2) is 0 Å². The molecule has 0 unspecified atom stereocenters. The van der Waals surface area contributed by atoms with E-state index in [2.05, 4.69) is 15.0 Å². The van der Waals surface area contributed by atoms with Gasteiger partial charge in [-0.1, -0.05) is 0 Å². The smallest absolute Gasteiger partial charge is 0.113 e. The number of rotatable bonds is 6. The van der Waals surface area contributed by atoms with Crippen molar-refractivity contribution in [2.45, 2.75) is 0 Å². The van der Waals surface area contributed by atoms with Gasteiger partial charge in [0.25, 0.3) is 0 Å². The third-order valence-corrected chi connectivity index (χ3v) is 1.80. The molecule has 1 rings (SSSR count). The minimum atomic E-state index is 0.0172. The Balaban J connectivity index is 2.65. The Morgan fingerprint density at radius 1 is 1.06 bits per heavy atom. The van der Waals surface area contributed by atoms with Crippen LogP contribution in [0.1, 0.15) is 11.1 Å². The van der Waals surface area contributed by atoms with E-state index in [-0.39, 0.29) is 24.8 Å². The van der Waals surface area contributed by atoms with E-state index in [1.54, 1.807) is 24.8 Å². The van der Waals surface area contributed by atoms with Gasteiger partial charge in [0.1, 0.15) is 11.7 Å². The summed E-state index contributed by atoms with van der Waals surface area (Å²) in [5, 5.41) is 14.1. The number of aromatic nitrogens is 1. The molecule has 0 saturated carbocycles. The van der Waals surface area contributed by atoms with Crippen LogP contribution >= 0.6 is 0 Å². The average molecular weight is 233 g/mol. The first kappa shape index (κ1) is 12.6. The molecule has 17 heavy (non-hydrogen) atoms. The zero-order valence-corrected chi connectivity index (χ0v) is 9.27. The van der Waals surface area contributed by atoms with Crippen molar-refractivity contribution in [1.82, 2.24) is 4.98 Å². The predicted molar refractivity (Wildman–Crippen MR) is 69.5 cm³/mol. The van der Waals surface area contributed by atoms with Crippen LogP contribution in [0.25, 0.3) is 0 Å². The SMILES string of the molecule is N=C(N)CN=Cc1c[nH]cc1C=NCC(=N)N. The molecule has 0 amide bonds. The quantitative estimate of drug-likeness (QED) is 0.340. The third kappa shape index (κ3) is 4.74. The Morgan fingerprint density at radius 3 is 1.82 bits per heavy atom. The van der Waals surface area contributed by atoms with Crippen LogP contribution in [0, 0.1) is 10.8 Å². The number of aliphatic imine (C=N–C) groups is 2.